The molecule has 3 heteroatoms. The summed E-state index contributed by atoms with van der Waals surface area (Å²) in [5.41, 5.74) is 5.83. The highest BCUT2D eigenvalue weighted by atomic mass is 15.1. The molecule has 0 radical (unpaired) electrons. The minimum atomic E-state index is 1.02. The molecule has 0 saturated carbocycles. The molecular weight excluding hydrogens is 234 g/mol. The highest BCUT2D eigenvalue weighted by molar-refractivity contribution is 5.95. The van der Waals surface area contributed by atoms with Gasteiger partial charge in [-0.1, -0.05) is 0 Å². The number of benzene rings is 1. The Morgan fingerprint density at radius 3 is 2.42 bits per heavy atom. The fraction of sp³-hybridized carbons (Fsp3) is 0.438. The highest BCUT2D eigenvalue weighted by Gasteiger charge is 2.10. The molecule has 0 bridgehead atoms. The lowest BCUT2D eigenvalue weighted by Gasteiger charge is -2.22. The summed E-state index contributed by atoms with van der Waals surface area (Å²) < 4.78 is 0. The zero-order valence-corrected chi connectivity index (χ0v) is 12.5. The number of aryl methyl sites for hydroxylation is 1. The van der Waals surface area contributed by atoms with Crippen molar-refractivity contribution < 1.29 is 0 Å². The normalized spacial score (nSPS) is 10.8. The summed E-state index contributed by atoms with van der Waals surface area (Å²) in [7, 11) is 1.98. The van der Waals surface area contributed by atoms with Crippen LogP contribution in [-0.2, 0) is 0 Å². The van der Waals surface area contributed by atoms with E-state index >= 15 is 0 Å². The van der Waals surface area contributed by atoms with Crippen LogP contribution in [0, 0.1) is 13.8 Å². The van der Waals surface area contributed by atoms with Crippen molar-refractivity contribution in [2.45, 2.75) is 27.7 Å². The van der Waals surface area contributed by atoms with E-state index in [0.717, 1.165) is 24.3 Å². The van der Waals surface area contributed by atoms with E-state index in [1.54, 1.807) is 0 Å². The molecule has 19 heavy (non-hydrogen) atoms. The van der Waals surface area contributed by atoms with Gasteiger partial charge in [0.2, 0.25) is 0 Å². The number of hydrogen-bond acceptors (Lipinski definition) is 3. The lowest BCUT2D eigenvalue weighted by Crippen LogP contribution is -2.21. The zero-order valence-electron chi connectivity index (χ0n) is 12.5. The van der Waals surface area contributed by atoms with Crippen molar-refractivity contribution in [1.82, 2.24) is 4.98 Å². The SMILES string of the molecule is CCN(CC)c1ccc2nc(C)c(C)c(NC)c2c1. The molecule has 102 valence electrons. The van der Waals surface area contributed by atoms with Crippen LogP contribution in [0.2, 0.25) is 0 Å². The van der Waals surface area contributed by atoms with E-state index in [9.17, 15) is 0 Å². The molecule has 0 amide bonds. The first-order valence-corrected chi connectivity index (χ1v) is 6.96. The number of hydrogen-bond donors (Lipinski definition) is 1. The topological polar surface area (TPSA) is 28.2 Å². The minimum Gasteiger partial charge on any atom is -0.387 e. The van der Waals surface area contributed by atoms with Gasteiger partial charge in [0, 0.05) is 42.6 Å². The summed E-state index contributed by atoms with van der Waals surface area (Å²) in [6, 6.07) is 6.53. The molecule has 0 aliphatic heterocycles. The summed E-state index contributed by atoms with van der Waals surface area (Å²) in [6.45, 7) is 10.6. The molecule has 3 nitrogen and oxygen atoms in total. The minimum absolute atomic E-state index is 1.02. The van der Waals surface area contributed by atoms with E-state index in [1.807, 2.05) is 7.05 Å². The third kappa shape index (κ3) is 2.37. The van der Waals surface area contributed by atoms with Crippen molar-refractivity contribution in [2.24, 2.45) is 0 Å². The van der Waals surface area contributed by atoms with E-state index < -0.39 is 0 Å². The van der Waals surface area contributed by atoms with E-state index in [1.165, 1.54) is 22.3 Å². The van der Waals surface area contributed by atoms with Crippen LogP contribution in [0.3, 0.4) is 0 Å². The predicted molar refractivity (Wildman–Crippen MR) is 84.3 cm³/mol. The lowest BCUT2D eigenvalue weighted by atomic mass is 10.1. The van der Waals surface area contributed by atoms with Crippen LogP contribution >= 0.6 is 0 Å². The summed E-state index contributed by atoms with van der Waals surface area (Å²) in [5.74, 6) is 0. The molecule has 2 rings (SSSR count). The Labute approximate surface area is 115 Å². The fourth-order valence-electron chi connectivity index (χ4n) is 2.58. The Hall–Kier alpha value is -1.77. The Morgan fingerprint density at radius 2 is 1.84 bits per heavy atom. The number of pyridine rings is 1. The van der Waals surface area contributed by atoms with Gasteiger partial charge in [0.05, 0.1) is 5.52 Å². The molecule has 0 fully saturated rings. The predicted octanol–water partition coefficient (Wildman–Crippen LogP) is 3.74. The molecule has 0 aliphatic rings. The first-order chi connectivity index (χ1) is 9.12. The monoisotopic (exact) mass is 257 g/mol. The lowest BCUT2D eigenvalue weighted by molar-refractivity contribution is 0.867. The average Bonchev–Trinajstić information content (AvgIpc) is 2.42. The maximum absolute atomic E-state index is 4.68. The van der Waals surface area contributed by atoms with Crippen molar-refractivity contribution in [1.29, 1.82) is 0 Å². The van der Waals surface area contributed by atoms with Crippen LogP contribution in [0.1, 0.15) is 25.1 Å². The van der Waals surface area contributed by atoms with Crippen LogP contribution in [0.15, 0.2) is 18.2 Å². The van der Waals surface area contributed by atoms with Crippen molar-refractivity contribution in [2.75, 3.05) is 30.4 Å². The average molecular weight is 257 g/mol. The van der Waals surface area contributed by atoms with Gasteiger partial charge in [-0.2, -0.15) is 0 Å². The molecule has 0 atom stereocenters. The van der Waals surface area contributed by atoms with Crippen molar-refractivity contribution in [3.63, 3.8) is 0 Å². The quantitative estimate of drug-likeness (QED) is 0.904. The Morgan fingerprint density at radius 1 is 1.16 bits per heavy atom. The van der Waals surface area contributed by atoms with Crippen molar-refractivity contribution in [3.05, 3.63) is 29.5 Å². The van der Waals surface area contributed by atoms with Crippen LogP contribution in [0.4, 0.5) is 11.4 Å². The largest absolute Gasteiger partial charge is 0.387 e. The molecule has 0 unspecified atom stereocenters. The molecule has 0 spiro atoms. The highest BCUT2D eigenvalue weighted by Crippen LogP contribution is 2.30. The third-order valence-corrected chi connectivity index (χ3v) is 3.83. The van der Waals surface area contributed by atoms with Gasteiger partial charge in [0.25, 0.3) is 0 Å². The Kier molecular flexibility index (Phi) is 3.93. The van der Waals surface area contributed by atoms with Gasteiger partial charge in [-0.15, -0.1) is 0 Å². The molecule has 1 aromatic heterocycles. The smallest absolute Gasteiger partial charge is 0.0727 e. The van der Waals surface area contributed by atoms with Crippen LogP contribution in [-0.4, -0.2) is 25.1 Å². The summed E-state index contributed by atoms with van der Waals surface area (Å²) >= 11 is 0. The number of rotatable bonds is 4. The standard InChI is InChI=1S/C16H23N3/c1-6-19(7-2)13-8-9-15-14(10-13)16(17-5)11(3)12(4)18-15/h8-10H,6-7H2,1-5H3,(H,17,18). The molecule has 1 heterocycles. The van der Waals surface area contributed by atoms with Gasteiger partial charge >= 0.3 is 0 Å². The number of nitrogens with one attached hydrogen (secondary N) is 1. The summed E-state index contributed by atoms with van der Waals surface area (Å²) in [5, 5.41) is 4.53. The van der Waals surface area contributed by atoms with Gasteiger partial charge in [-0.3, -0.25) is 4.98 Å². The Balaban J connectivity index is 2.67. The summed E-state index contributed by atoms with van der Waals surface area (Å²) in [6.07, 6.45) is 0. The maximum Gasteiger partial charge on any atom is 0.0727 e. The molecule has 1 aromatic carbocycles. The second kappa shape index (κ2) is 5.47. The first kappa shape index (κ1) is 13.7. The van der Waals surface area contributed by atoms with Crippen molar-refractivity contribution in [3.8, 4) is 0 Å². The van der Waals surface area contributed by atoms with E-state index in [4.69, 9.17) is 0 Å². The van der Waals surface area contributed by atoms with Crippen LogP contribution < -0.4 is 10.2 Å². The third-order valence-electron chi connectivity index (χ3n) is 3.83. The molecule has 0 aliphatic carbocycles. The molecule has 0 saturated heterocycles. The van der Waals surface area contributed by atoms with E-state index in [2.05, 4.69) is 61.1 Å². The van der Waals surface area contributed by atoms with E-state index in [0.29, 0.717) is 0 Å². The molecule has 2 aromatic rings. The van der Waals surface area contributed by atoms with Crippen LogP contribution in [0.5, 0.6) is 0 Å². The van der Waals surface area contributed by atoms with Gasteiger partial charge in [0.15, 0.2) is 0 Å². The van der Waals surface area contributed by atoms with E-state index in [-0.39, 0.29) is 0 Å². The number of aromatic nitrogens is 1. The second-order valence-corrected chi connectivity index (χ2v) is 4.82. The first-order valence-electron chi connectivity index (χ1n) is 6.96. The molecule has 1 N–H and O–H groups in total. The number of fused-ring (bicyclic) bond motifs is 1. The second-order valence-electron chi connectivity index (χ2n) is 4.82. The summed E-state index contributed by atoms with van der Waals surface area (Å²) in [4.78, 5) is 7.03. The van der Waals surface area contributed by atoms with Gasteiger partial charge in [0.1, 0.15) is 0 Å². The van der Waals surface area contributed by atoms with Gasteiger partial charge in [-0.05, 0) is 51.5 Å². The molecular formula is C16H23N3. The van der Waals surface area contributed by atoms with Crippen molar-refractivity contribution >= 4 is 22.3 Å². The van der Waals surface area contributed by atoms with Gasteiger partial charge in [-0.25, -0.2) is 0 Å². The maximum atomic E-state index is 4.68. The number of anilines is 2. The Bertz CT molecular complexity index is 586. The van der Waals surface area contributed by atoms with Gasteiger partial charge < -0.3 is 10.2 Å². The van der Waals surface area contributed by atoms with Crippen LogP contribution in [0.25, 0.3) is 10.9 Å². The zero-order chi connectivity index (χ0) is 14.0. The fourth-order valence-corrected chi connectivity index (χ4v) is 2.58. The number of nitrogens with zero attached hydrogens (tertiary/aromatic N) is 2.